The second-order valence-electron chi connectivity index (χ2n) is 5.22. The van der Waals surface area contributed by atoms with E-state index in [4.69, 9.17) is 0 Å². The summed E-state index contributed by atoms with van der Waals surface area (Å²) in [5, 5.41) is 0. The van der Waals surface area contributed by atoms with E-state index < -0.39 is 0 Å². The molecule has 0 aliphatic heterocycles. The number of hydrogen-bond donors (Lipinski definition) is 0. The number of hydrogen-bond acceptors (Lipinski definition) is 1. The van der Waals surface area contributed by atoms with Gasteiger partial charge >= 0.3 is 0 Å². The van der Waals surface area contributed by atoms with Crippen LogP contribution in [0.5, 0.6) is 0 Å². The van der Waals surface area contributed by atoms with Crippen LogP contribution in [0.1, 0.15) is 40.0 Å². The molecule has 1 nitrogen and oxygen atoms in total. The van der Waals surface area contributed by atoms with E-state index in [1.165, 1.54) is 11.1 Å². The standard InChI is InChI=1S/C15H22O/c1-6-15(5)8-7-13(12(4)10-16)9-14(15)11(2)3/h6,10,14H,1-2,7-9H2,3-5H3/b13-12+/t14-,15+/m0/s1. The number of carbonyl (C=O) groups is 1. The molecule has 2 atom stereocenters. The molecule has 0 saturated heterocycles. The summed E-state index contributed by atoms with van der Waals surface area (Å²) in [6.45, 7) is 14.3. The normalized spacial score (nSPS) is 33.1. The Kier molecular flexibility index (Phi) is 3.90. The molecule has 0 aromatic heterocycles. The Bertz CT molecular complexity index is 348. The van der Waals surface area contributed by atoms with Gasteiger partial charge in [0.15, 0.2) is 0 Å². The molecule has 1 saturated carbocycles. The Morgan fingerprint density at radius 3 is 2.56 bits per heavy atom. The minimum absolute atomic E-state index is 0.137. The van der Waals surface area contributed by atoms with Gasteiger partial charge in [-0.3, -0.25) is 4.79 Å². The Labute approximate surface area is 98.9 Å². The molecular formula is C15H22O. The zero-order valence-electron chi connectivity index (χ0n) is 10.7. The highest BCUT2D eigenvalue weighted by Crippen LogP contribution is 2.47. The van der Waals surface area contributed by atoms with Gasteiger partial charge in [-0.15, -0.1) is 6.58 Å². The Morgan fingerprint density at radius 1 is 1.50 bits per heavy atom. The van der Waals surface area contributed by atoms with Gasteiger partial charge in [0.1, 0.15) is 6.29 Å². The largest absolute Gasteiger partial charge is 0.298 e. The van der Waals surface area contributed by atoms with Crippen LogP contribution in [-0.4, -0.2) is 6.29 Å². The third-order valence-electron chi connectivity index (χ3n) is 4.01. The minimum Gasteiger partial charge on any atom is -0.298 e. The van der Waals surface area contributed by atoms with Gasteiger partial charge in [-0.25, -0.2) is 0 Å². The summed E-state index contributed by atoms with van der Waals surface area (Å²) < 4.78 is 0. The van der Waals surface area contributed by atoms with Gasteiger partial charge in [-0.1, -0.05) is 30.7 Å². The molecule has 0 amide bonds. The predicted octanol–water partition coefficient (Wildman–Crippen LogP) is 4.07. The maximum Gasteiger partial charge on any atom is 0.145 e. The first kappa shape index (κ1) is 13.0. The van der Waals surface area contributed by atoms with Crippen molar-refractivity contribution in [2.45, 2.75) is 40.0 Å². The van der Waals surface area contributed by atoms with Crippen molar-refractivity contribution in [2.75, 3.05) is 0 Å². The molecule has 1 heteroatoms. The minimum atomic E-state index is 0.137. The summed E-state index contributed by atoms with van der Waals surface area (Å²) in [6, 6.07) is 0. The lowest BCUT2D eigenvalue weighted by Gasteiger charge is -2.41. The summed E-state index contributed by atoms with van der Waals surface area (Å²) in [6.07, 6.45) is 6.06. The topological polar surface area (TPSA) is 17.1 Å². The second-order valence-corrected chi connectivity index (χ2v) is 5.22. The highest BCUT2D eigenvalue weighted by molar-refractivity contribution is 5.73. The molecule has 0 unspecified atom stereocenters. The quantitative estimate of drug-likeness (QED) is 0.396. The summed E-state index contributed by atoms with van der Waals surface area (Å²) in [4.78, 5) is 10.8. The Hall–Kier alpha value is -1.11. The SMILES string of the molecule is C=C[C@]1(C)CC/C(=C(/C)C=O)C[C@H]1C(=C)C. The molecule has 0 radical (unpaired) electrons. The number of rotatable bonds is 3. The molecule has 0 aromatic rings. The molecule has 88 valence electrons. The average molecular weight is 218 g/mol. The smallest absolute Gasteiger partial charge is 0.145 e. The van der Waals surface area contributed by atoms with E-state index in [0.717, 1.165) is 31.1 Å². The summed E-state index contributed by atoms with van der Waals surface area (Å²) in [5.74, 6) is 0.420. The van der Waals surface area contributed by atoms with Crippen molar-refractivity contribution < 1.29 is 4.79 Å². The monoisotopic (exact) mass is 218 g/mol. The van der Waals surface area contributed by atoms with E-state index in [1.807, 2.05) is 6.92 Å². The van der Waals surface area contributed by atoms with Crippen LogP contribution in [0.15, 0.2) is 36.0 Å². The zero-order valence-corrected chi connectivity index (χ0v) is 10.7. The van der Waals surface area contributed by atoms with Crippen LogP contribution in [0.25, 0.3) is 0 Å². The van der Waals surface area contributed by atoms with Gasteiger partial charge < -0.3 is 0 Å². The molecular weight excluding hydrogens is 196 g/mol. The van der Waals surface area contributed by atoms with E-state index in [0.29, 0.717) is 5.92 Å². The number of aldehydes is 1. The van der Waals surface area contributed by atoms with Gasteiger partial charge in [-0.2, -0.15) is 0 Å². The highest BCUT2D eigenvalue weighted by atomic mass is 16.1. The third-order valence-corrected chi connectivity index (χ3v) is 4.01. The van der Waals surface area contributed by atoms with E-state index in [2.05, 4.69) is 33.1 Å². The van der Waals surface area contributed by atoms with Crippen LogP contribution in [0.2, 0.25) is 0 Å². The molecule has 1 aliphatic rings. The summed E-state index contributed by atoms with van der Waals surface area (Å²) in [7, 11) is 0. The number of carbonyl (C=O) groups excluding carboxylic acids is 1. The predicted molar refractivity (Wildman–Crippen MR) is 69.2 cm³/mol. The first-order chi connectivity index (χ1) is 7.44. The molecule has 0 spiro atoms. The van der Waals surface area contributed by atoms with Crippen LogP contribution in [0, 0.1) is 11.3 Å². The summed E-state index contributed by atoms with van der Waals surface area (Å²) >= 11 is 0. The van der Waals surface area contributed by atoms with Crippen LogP contribution < -0.4 is 0 Å². The number of allylic oxidation sites excluding steroid dienone is 4. The van der Waals surface area contributed by atoms with Crippen molar-refractivity contribution in [2.24, 2.45) is 11.3 Å². The van der Waals surface area contributed by atoms with Crippen LogP contribution >= 0.6 is 0 Å². The van der Waals surface area contributed by atoms with Crippen molar-refractivity contribution in [3.8, 4) is 0 Å². The lowest BCUT2D eigenvalue weighted by Crippen LogP contribution is -2.30. The second kappa shape index (κ2) is 4.82. The Morgan fingerprint density at radius 2 is 2.12 bits per heavy atom. The maximum atomic E-state index is 10.8. The molecule has 1 rings (SSSR count). The molecule has 16 heavy (non-hydrogen) atoms. The lowest BCUT2D eigenvalue weighted by atomic mass is 9.63. The fourth-order valence-corrected chi connectivity index (χ4v) is 2.60. The van der Waals surface area contributed by atoms with Crippen molar-refractivity contribution in [3.63, 3.8) is 0 Å². The van der Waals surface area contributed by atoms with Crippen LogP contribution in [0.4, 0.5) is 0 Å². The first-order valence-corrected chi connectivity index (χ1v) is 5.87. The molecule has 0 N–H and O–H groups in total. The average Bonchev–Trinajstić information content (AvgIpc) is 2.28. The van der Waals surface area contributed by atoms with Crippen molar-refractivity contribution in [3.05, 3.63) is 36.0 Å². The first-order valence-electron chi connectivity index (χ1n) is 5.87. The lowest BCUT2D eigenvalue weighted by molar-refractivity contribution is -0.105. The molecule has 0 heterocycles. The molecule has 0 bridgehead atoms. The fourth-order valence-electron chi connectivity index (χ4n) is 2.60. The van der Waals surface area contributed by atoms with Gasteiger partial charge in [-0.05, 0) is 50.0 Å². The molecule has 0 aromatic carbocycles. The van der Waals surface area contributed by atoms with E-state index >= 15 is 0 Å². The Balaban J connectivity index is 3.02. The fraction of sp³-hybridized carbons (Fsp3) is 0.533. The molecule has 1 fully saturated rings. The van der Waals surface area contributed by atoms with Crippen LogP contribution in [-0.2, 0) is 4.79 Å². The van der Waals surface area contributed by atoms with Gasteiger partial charge in [0.05, 0.1) is 0 Å². The van der Waals surface area contributed by atoms with Crippen LogP contribution in [0.3, 0.4) is 0 Å². The van der Waals surface area contributed by atoms with Crippen molar-refractivity contribution in [1.29, 1.82) is 0 Å². The van der Waals surface area contributed by atoms with E-state index in [-0.39, 0.29) is 5.41 Å². The van der Waals surface area contributed by atoms with Crippen molar-refractivity contribution >= 4 is 6.29 Å². The van der Waals surface area contributed by atoms with Gasteiger partial charge in [0.25, 0.3) is 0 Å². The van der Waals surface area contributed by atoms with E-state index in [9.17, 15) is 4.79 Å². The maximum absolute atomic E-state index is 10.8. The summed E-state index contributed by atoms with van der Waals surface area (Å²) in [5.41, 5.74) is 3.52. The third kappa shape index (κ3) is 2.34. The zero-order chi connectivity index (χ0) is 12.3. The van der Waals surface area contributed by atoms with Gasteiger partial charge in [0, 0.05) is 0 Å². The van der Waals surface area contributed by atoms with E-state index in [1.54, 1.807) is 0 Å². The molecule has 1 aliphatic carbocycles. The van der Waals surface area contributed by atoms with Crippen molar-refractivity contribution in [1.82, 2.24) is 0 Å². The van der Waals surface area contributed by atoms with Gasteiger partial charge in [0.2, 0.25) is 0 Å². The highest BCUT2D eigenvalue weighted by Gasteiger charge is 2.36.